The van der Waals surface area contributed by atoms with Gasteiger partial charge >= 0.3 is 0 Å². The summed E-state index contributed by atoms with van der Waals surface area (Å²) < 4.78 is 4.81. The van der Waals surface area contributed by atoms with Crippen LogP contribution in [0.3, 0.4) is 0 Å². The lowest BCUT2D eigenvalue weighted by atomic mass is 9.99. The molecule has 19 heavy (non-hydrogen) atoms. The number of hydrogen-bond donors (Lipinski definition) is 1. The maximum atomic E-state index is 11.8. The van der Waals surface area contributed by atoms with Crippen LogP contribution in [0.15, 0.2) is 47.5 Å². The summed E-state index contributed by atoms with van der Waals surface area (Å²) in [4.78, 5) is 23.3. The number of hydrogen-bond acceptors (Lipinski definition) is 4. The fourth-order valence-electron chi connectivity index (χ4n) is 1.58. The quantitative estimate of drug-likeness (QED) is 0.454. The van der Waals surface area contributed by atoms with E-state index in [1.54, 1.807) is 12.2 Å². The molecule has 0 fully saturated rings. The highest BCUT2D eigenvalue weighted by Crippen LogP contribution is 2.19. The van der Waals surface area contributed by atoms with Gasteiger partial charge in [-0.3, -0.25) is 9.59 Å². The SMILES string of the molecule is CCCC/C=C/C=C/C1=C(O)C(=O)C=C(OC)C1=O. The molecule has 0 aromatic rings. The van der Waals surface area contributed by atoms with Gasteiger partial charge in [-0.05, 0) is 12.5 Å². The number of allylic oxidation sites excluding steroid dienone is 6. The molecule has 4 heteroatoms. The molecule has 1 rings (SSSR count). The summed E-state index contributed by atoms with van der Waals surface area (Å²) in [5, 5.41) is 9.60. The Morgan fingerprint density at radius 2 is 2.05 bits per heavy atom. The molecule has 0 unspecified atom stereocenters. The van der Waals surface area contributed by atoms with E-state index in [2.05, 4.69) is 6.92 Å². The Bertz CT molecular complexity index is 478. The van der Waals surface area contributed by atoms with Gasteiger partial charge in [-0.2, -0.15) is 0 Å². The Labute approximate surface area is 112 Å². The Balaban J connectivity index is 2.78. The van der Waals surface area contributed by atoms with Gasteiger partial charge in [-0.1, -0.05) is 38.0 Å². The van der Waals surface area contributed by atoms with Gasteiger partial charge in [0.1, 0.15) is 0 Å². The first-order chi connectivity index (χ1) is 9.11. The van der Waals surface area contributed by atoms with E-state index in [0.29, 0.717) is 0 Å². The third-order valence-corrected chi connectivity index (χ3v) is 2.67. The molecule has 0 saturated carbocycles. The molecule has 0 amide bonds. The van der Waals surface area contributed by atoms with Crippen molar-refractivity contribution < 1.29 is 19.4 Å². The summed E-state index contributed by atoms with van der Waals surface area (Å²) >= 11 is 0. The van der Waals surface area contributed by atoms with Crippen LogP contribution in [-0.2, 0) is 14.3 Å². The Morgan fingerprint density at radius 3 is 2.68 bits per heavy atom. The van der Waals surface area contributed by atoms with E-state index in [4.69, 9.17) is 4.74 Å². The van der Waals surface area contributed by atoms with E-state index in [9.17, 15) is 14.7 Å². The molecule has 4 nitrogen and oxygen atoms in total. The fraction of sp³-hybridized carbons (Fsp3) is 0.333. The third kappa shape index (κ3) is 3.95. The van der Waals surface area contributed by atoms with Crippen LogP contribution in [0.25, 0.3) is 0 Å². The van der Waals surface area contributed by atoms with Crippen LogP contribution < -0.4 is 0 Å². The first-order valence-electron chi connectivity index (χ1n) is 6.23. The number of Topliss-reactive ketones (excluding diaryl/α,β-unsaturated/α-hetero) is 1. The average molecular weight is 262 g/mol. The highest BCUT2D eigenvalue weighted by atomic mass is 16.5. The molecule has 0 atom stereocenters. The van der Waals surface area contributed by atoms with Gasteiger partial charge in [0, 0.05) is 6.08 Å². The number of carbonyl (C=O) groups excluding carboxylic acids is 2. The molecule has 1 N–H and O–H groups in total. The fourth-order valence-corrected chi connectivity index (χ4v) is 1.58. The van der Waals surface area contributed by atoms with Crippen molar-refractivity contribution in [1.82, 2.24) is 0 Å². The van der Waals surface area contributed by atoms with Gasteiger partial charge in [-0.25, -0.2) is 0 Å². The molecule has 0 bridgehead atoms. The van der Waals surface area contributed by atoms with E-state index in [-0.39, 0.29) is 11.3 Å². The van der Waals surface area contributed by atoms with E-state index in [1.165, 1.54) is 13.2 Å². The van der Waals surface area contributed by atoms with Crippen molar-refractivity contribution in [2.75, 3.05) is 7.11 Å². The summed E-state index contributed by atoms with van der Waals surface area (Å²) in [6, 6.07) is 0. The van der Waals surface area contributed by atoms with Crippen molar-refractivity contribution in [3.8, 4) is 0 Å². The van der Waals surface area contributed by atoms with Gasteiger partial charge in [0.15, 0.2) is 11.5 Å². The van der Waals surface area contributed by atoms with Gasteiger partial charge in [0.25, 0.3) is 0 Å². The molecule has 102 valence electrons. The van der Waals surface area contributed by atoms with Crippen molar-refractivity contribution in [3.63, 3.8) is 0 Å². The second-order valence-electron chi connectivity index (χ2n) is 4.10. The maximum absolute atomic E-state index is 11.8. The van der Waals surface area contributed by atoms with Crippen LogP contribution in [0.1, 0.15) is 26.2 Å². The molecule has 0 saturated heterocycles. The zero-order chi connectivity index (χ0) is 14.3. The number of methoxy groups -OCH3 is 1. The maximum Gasteiger partial charge on any atom is 0.231 e. The summed E-state index contributed by atoms with van der Waals surface area (Å²) in [5.41, 5.74) is -0.0375. The third-order valence-electron chi connectivity index (χ3n) is 2.67. The lowest BCUT2D eigenvalue weighted by molar-refractivity contribution is -0.119. The summed E-state index contributed by atoms with van der Waals surface area (Å²) in [5.74, 6) is -1.70. The van der Waals surface area contributed by atoms with E-state index < -0.39 is 17.3 Å². The summed E-state index contributed by atoms with van der Waals surface area (Å²) in [6.07, 6.45) is 11.0. The number of rotatable bonds is 6. The zero-order valence-corrected chi connectivity index (χ0v) is 11.2. The lowest BCUT2D eigenvalue weighted by Crippen LogP contribution is -2.19. The van der Waals surface area contributed by atoms with Gasteiger partial charge in [-0.15, -0.1) is 0 Å². The number of ether oxygens (including phenoxy) is 1. The van der Waals surface area contributed by atoms with Crippen molar-refractivity contribution in [2.45, 2.75) is 26.2 Å². The molecule has 1 aliphatic carbocycles. The number of aliphatic hydroxyl groups is 1. The van der Waals surface area contributed by atoms with Crippen molar-refractivity contribution in [3.05, 3.63) is 47.5 Å². The molecule has 0 radical (unpaired) electrons. The minimum Gasteiger partial charge on any atom is -0.504 e. The van der Waals surface area contributed by atoms with Crippen LogP contribution in [0.5, 0.6) is 0 Å². The number of carbonyl (C=O) groups is 2. The highest BCUT2D eigenvalue weighted by molar-refractivity contribution is 6.22. The average Bonchev–Trinajstić information content (AvgIpc) is 2.41. The van der Waals surface area contributed by atoms with Gasteiger partial charge < -0.3 is 9.84 Å². The molecule has 0 aromatic heterocycles. The van der Waals surface area contributed by atoms with Gasteiger partial charge in [0.2, 0.25) is 11.6 Å². The number of unbranched alkanes of at least 4 members (excludes halogenated alkanes) is 2. The number of aliphatic hydroxyl groups excluding tert-OH is 1. The van der Waals surface area contributed by atoms with Crippen molar-refractivity contribution in [2.24, 2.45) is 0 Å². The standard InChI is InChI=1S/C15H18O4/c1-3-4-5-6-7-8-9-11-14(17)12(16)10-13(19-2)15(11)18/h6-10,17H,3-5H2,1-2H3/b7-6+,9-8+. The van der Waals surface area contributed by atoms with E-state index >= 15 is 0 Å². The minimum absolute atomic E-state index is 0.0375. The van der Waals surface area contributed by atoms with E-state index in [0.717, 1.165) is 25.3 Å². The molecular formula is C15H18O4. The van der Waals surface area contributed by atoms with Crippen LogP contribution in [0, 0.1) is 0 Å². The predicted molar refractivity (Wildman–Crippen MR) is 72.6 cm³/mol. The molecular weight excluding hydrogens is 244 g/mol. The van der Waals surface area contributed by atoms with Crippen molar-refractivity contribution >= 4 is 11.6 Å². The summed E-state index contributed by atoms with van der Waals surface area (Å²) in [6.45, 7) is 2.11. The molecule has 0 aromatic carbocycles. The van der Waals surface area contributed by atoms with Crippen LogP contribution in [0.4, 0.5) is 0 Å². The second-order valence-corrected chi connectivity index (χ2v) is 4.10. The molecule has 1 aliphatic rings. The minimum atomic E-state index is -0.619. The Kier molecular flexibility index (Phi) is 5.79. The normalized spacial score (nSPS) is 16.6. The van der Waals surface area contributed by atoms with E-state index in [1.807, 2.05) is 6.08 Å². The molecule has 0 spiro atoms. The topological polar surface area (TPSA) is 63.6 Å². The largest absolute Gasteiger partial charge is 0.504 e. The van der Waals surface area contributed by atoms with Gasteiger partial charge in [0.05, 0.1) is 12.7 Å². The first-order valence-corrected chi connectivity index (χ1v) is 6.23. The highest BCUT2D eigenvalue weighted by Gasteiger charge is 2.27. The van der Waals surface area contributed by atoms with Crippen LogP contribution in [-0.4, -0.2) is 23.8 Å². The molecule has 0 aliphatic heterocycles. The zero-order valence-electron chi connectivity index (χ0n) is 11.2. The van der Waals surface area contributed by atoms with Crippen LogP contribution in [0.2, 0.25) is 0 Å². The van der Waals surface area contributed by atoms with Crippen molar-refractivity contribution in [1.29, 1.82) is 0 Å². The second kappa shape index (κ2) is 7.36. The number of ketones is 2. The smallest absolute Gasteiger partial charge is 0.231 e. The first kappa shape index (κ1) is 15.0. The Hall–Kier alpha value is -2.10. The predicted octanol–water partition coefficient (Wildman–Crippen LogP) is 2.78. The molecule has 0 heterocycles. The Morgan fingerprint density at radius 1 is 1.32 bits per heavy atom. The monoisotopic (exact) mass is 262 g/mol. The lowest BCUT2D eigenvalue weighted by Gasteiger charge is -2.11. The van der Waals surface area contributed by atoms with Crippen LogP contribution >= 0.6 is 0 Å². The summed E-state index contributed by atoms with van der Waals surface area (Å²) in [7, 11) is 1.31.